The van der Waals surface area contributed by atoms with Crippen molar-refractivity contribution in [3.05, 3.63) is 101 Å². The SMILES string of the molecule is CC(C)/C(=C1\C(=O)N(Cc2cccc(C(=O)O)c2)c2ccccc21)c1ccccc1. The minimum absolute atomic E-state index is 0.0514. The van der Waals surface area contributed by atoms with Gasteiger partial charge in [0.15, 0.2) is 0 Å². The Bertz CT molecular complexity index is 1150. The molecule has 0 saturated heterocycles. The summed E-state index contributed by atoms with van der Waals surface area (Å²) in [4.78, 5) is 26.7. The average molecular weight is 397 g/mol. The molecule has 0 aliphatic carbocycles. The van der Waals surface area contributed by atoms with Crippen LogP contribution >= 0.6 is 0 Å². The lowest BCUT2D eigenvalue weighted by atomic mass is 9.88. The summed E-state index contributed by atoms with van der Waals surface area (Å²) >= 11 is 0. The van der Waals surface area contributed by atoms with Crippen molar-refractivity contribution in [3.8, 4) is 0 Å². The first-order valence-electron chi connectivity index (χ1n) is 10.0. The van der Waals surface area contributed by atoms with Gasteiger partial charge in [-0.15, -0.1) is 0 Å². The van der Waals surface area contributed by atoms with E-state index in [4.69, 9.17) is 0 Å². The summed E-state index contributed by atoms with van der Waals surface area (Å²) in [5.74, 6) is -0.865. The number of benzene rings is 3. The van der Waals surface area contributed by atoms with Gasteiger partial charge in [0.05, 0.1) is 23.4 Å². The number of rotatable bonds is 5. The number of para-hydroxylation sites is 1. The van der Waals surface area contributed by atoms with Gasteiger partial charge in [-0.1, -0.05) is 74.5 Å². The molecule has 30 heavy (non-hydrogen) atoms. The zero-order chi connectivity index (χ0) is 21.3. The van der Waals surface area contributed by atoms with Crippen molar-refractivity contribution < 1.29 is 14.7 Å². The molecule has 1 aliphatic heterocycles. The summed E-state index contributed by atoms with van der Waals surface area (Å²) in [7, 11) is 0. The third kappa shape index (κ3) is 3.52. The monoisotopic (exact) mass is 397 g/mol. The molecule has 1 aliphatic rings. The smallest absolute Gasteiger partial charge is 0.335 e. The van der Waals surface area contributed by atoms with Crippen LogP contribution in [0.3, 0.4) is 0 Å². The lowest BCUT2D eigenvalue weighted by molar-refractivity contribution is -0.113. The Hall–Kier alpha value is -3.66. The Morgan fingerprint density at radius 2 is 1.57 bits per heavy atom. The van der Waals surface area contributed by atoms with Crippen LogP contribution in [0.1, 0.15) is 40.9 Å². The van der Waals surface area contributed by atoms with Gasteiger partial charge >= 0.3 is 5.97 Å². The van der Waals surface area contributed by atoms with Crippen LogP contribution in [0.4, 0.5) is 5.69 Å². The number of hydrogen-bond acceptors (Lipinski definition) is 2. The van der Waals surface area contributed by atoms with Crippen molar-refractivity contribution >= 4 is 28.7 Å². The highest BCUT2D eigenvalue weighted by Gasteiger charge is 2.35. The van der Waals surface area contributed by atoms with E-state index >= 15 is 0 Å². The molecular formula is C26H23NO3. The van der Waals surface area contributed by atoms with Gasteiger partial charge in [-0.25, -0.2) is 4.79 Å². The Morgan fingerprint density at radius 3 is 2.27 bits per heavy atom. The molecule has 4 rings (SSSR count). The zero-order valence-corrected chi connectivity index (χ0v) is 17.0. The maximum absolute atomic E-state index is 13.7. The lowest BCUT2D eigenvalue weighted by Crippen LogP contribution is -2.26. The van der Waals surface area contributed by atoms with E-state index in [1.165, 1.54) is 0 Å². The Balaban J connectivity index is 1.84. The molecule has 0 spiro atoms. The summed E-state index contributed by atoms with van der Waals surface area (Å²) in [6, 6.07) is 24.6. The maximum atomic E-state index is 13.7. The molecule has 0 atom stereocenters. The fourth-order valence-corrected chi connectivity index (χ4v) is 4.07. The minimum Gasteiger partial charge on any atom is -0.478 e. The molecule has 1 amide bonds. The third-order valence-electron chi connectivity index (χ3n) is 5.37. The number of carbonyl (C=O) groups is 2. The summed E-state index contributed by atoms with van der Waals surface area (Å²) in [6.45, 7) is 4.52. The molecule has 0 bridgehead atoms. The van der Waals surface area contributed by atoms with Crippen LogP contribution in [0, 0.1) is 5.92 Å². The summed E-state index contributed by atoms with van der Waals surface area (Å²) < 4.78 is 0. The molecule has 0 saturated carbocycles. The van der Waals surface area contributed by atoms with E-state index in [1.807, 2.05) is 60.7 Å². The zero-order valence-electron chi connectivity index (χ0n) is 17.0. The normalized spacial score (nSPS) is 14.8. The maximum Gasteiger partial charge on any atom is 0.335 e. The van der Waals surface area contributed by atoms with Crippen LogP contribution in [0.15, 0.2) is 78.9 Å². The topological polar surface area (TPSA) is 57.6 Å². The first-order valence-corrected chi connectivity index (χ1v) is 10.0. The first-order chi connectivity index (χ1) is 14.5. The van der Waals surface area contributed by atoms with Crippen molar-refractivity contribution in [2.24, 2.45) is 5.92 Å². The van der Waals surface area contributed by atoms with Gasteiger partial charge in [0.1, 0.15) is 0 Å². The van der Waals surface area contributed by atoms with Crippen molar-refractivity contribution in [3.63, 3.8) is 0 Å². The second kappa shape index (κ2) is 7.99. The molecule has 0 aromatic heterocycles. The molecule has 1 N–H and O–H groups in total. The largest absolute Gasteiger partial charge is 0.478 e. The van der Waals surface area contributed by atoms with E-state index in [9.17, 15) is 14.7 Å². The van der Waals surface area contributed by atoms with E-state index in [2.05, 4.69) is 13.8 Å². The number of anilines is 1. The fourth-order valence-electron chi connectivity index (χ4n) is 4.07. The summed E-state index contributed by atoms with van der Waals surface area (Å²) in [5.41, 5.74) is 5.56. The highest BCUT2D eigenvalue weighted by atomic mass is 16.4. The van der Waals surface area contributed by atoms with Crippen molar-refractivity contribution in [1.82, 2.24) is 0 Å². The molecule has 0 unspecified atom stereocenters. The van der Waals surface area contributed by atoms with Crippen LogP contribution < -0.4 is 4.90 Å². The minimum atomic E-state index is -0.975. The fraction of sp³-hybridized carbons (Fsp3) is 0.154. The number of hydrogen-bond donors (Lipinski definition) is 1. The van der Waals surface area contributed by atoms with Crippen LogP contribution in [0.25, 0.3) is 11.1 Å². The standard InChI is InChI=1S/C26H23NO3/c1-17(2)23(19-10-4-3-5-11-19)24-21-13-6-7-14-22(21)27(25(24)28)16-18-9-8-12-20(15-18)26(29)30/h3-15,17H,16H2,1-2H3,(H,29,30)/b24-23+. The molecular weight excluding hydrogens is 374 g/mol. The second-order valence-corrected chi connectivity index (χ2v) is 7.72. The van der Waals surface area contributed by atoms with Gasteiger partial charge in [-0.05, 0) is 40.8 Å². The quantitative estimate of drug-likeness (QED) is 0.579. The number of allylic oxidation sites excluding steroid dienone is 1. The molecule has 3 aromatic rings. The summed E-state index contributed by atoms with van der Waals surface area (Å²) in [6.07, 6.45) is 0. The van der Waals surface area contributed by atoms with Gasteiger partial charge in [-0.2, -0.15) is 0 Å². The van der Waals surface area contributed by atoms with E-state index < -0.39 is 5.97 Å². The molecule has 4 nitrogen and oxygen atoms in total. The highest BCUT2D eigenvalue weighted by Crippen LogP contribution is 2.43. The Morgan fingerprint density at radius 1 is 0.900 bits per heavy atom. The highest BCUT2D eigenvalue weighted by molar-refractivity contribution is 6.37. The Kier molecular flexibility index (Phi) is 5.23. The predicted molar refractivity (Wildman–Crippen MR) is 119 cm³/mol. The Labute approximate surface area is 176 Å². The number of carboxylic acid groups (broad SMARTS) is 1. The molecule has 0 fully saturated rings. The lowest BCUT2D eigenvalue weighted by Gasteiger charge is -2.19. The number of fused-ring (bicyclic) bond motifs is 1. The van der Waals surface area contributed by atoms with E-state index in [1.54, 1.807) is 23.1 Å². The molecule has 150 valence electrons. The van der Waals surface area contributed by atoms with Crippen molar-refractivity contribution in [2.75, 3.05) is 4.90 Å². The number of carboxylic acids is 1. The van der Waals surface area contributed by atoms with Gasteiger partial charge in [0.2, 0.25) is 0 Å². The molecule has 4 heteroatoms. The first kappa shape index (κ1) is 19.6. The van der Waals surface area contributed by atoms with Crippen LogP contribution in [0.2, 0.25) is 0 Å². The van der Waals surface area contributed by atoms with E-state index in [0.717, 1.165) is 33.5 Å². The van der Waals surface area contributed by atoms with Crippen molar-refractivity contribution in [2.45, 2.75) is 20.4 Å². The average Bonchev–Trinajstić information content (AvgIpc) is 3.01. The van der Waals surface area contributed by atoms with Gasteiger partial charge < -0.3 is 10.0 Å². The van der Waals surface area contributed by atoms with Crippen molar-refractivity contribution in [1.29, 1.82) is 0 Å². The van der Waals surface area contributed by atoms with Gasteiger partial charge in [0.25, 0.3) is 5.91 Å². The number of nitrogens with zero attached hydrogens (tertiary/aromatic N) is 1. The second-order valence-electron chi connectivity index (χ2n) is 7.72. The molecule has 3 aromatic carbocycles. The van der Waals surface area contributed by atoms with Crippen LogP contribution in [-0.2, 0) is 11.3 Å². The van der Waals surface area contributed by atoms with Gasteiger partial charge in [0, 0.05) is 5.56 Å². The predicted octanol–water partition coefficient (Wildman–Crippen LogP) is 5.50. The van der Waals surface area contributed by atoms with Gasteiger partial charge in [-0.3, -0.25) is 4.79 Å². The summed E-state index contributed by atoms with van der Waals surface area (Å²) in [5, 5.41) is 9.29. The molecule has 1 heterocycles. The van der Waals surface area contributed by atoms with Crippen LogP contribution in [0.5, 0.6) is 0 Å². The van der Waals surface area contributed by atoms with Crippen LogP contribution in [-0.4, -0.2) is 17.0 Å². The van der Waals surface area contributed by atoms with E-state index in [0.29, 0.717) is 6.54 Å². The number of carbonyl (C=O) groups excluding carboxylic acids is 1. The number of aromatic carboxylic acids is 1. The van der Waals surface area contributed by atoms with E-state index in [-0.39, 0.29) is 17.4 Å². The molecule has 0 radical (unpaired) electrons. The third-order valence-corrected chi connectivity index (χ3v) is 5.37. The number of amides is 1.